The van der Waals surface area contributed by atoms with E-state index in [1.54, 1.807) is 6.92 Å². The first kappa shape index (κ1) is 18.4. The average Bonchev–Trinajstić information content (AvgIpc) is 2.03. The first-order valence-electron chi connectivity index (χ1n) is 4.38. The van der Waals surface area contributed by atoms with Crippen molar-refractivity contribution in [2.45, 2.75) is 39.7 Å². The summed E-state index contributed by atoms with van der Waals surface area (Å²) in [5.41, 5.74) is 0. The van der Waals surface area contributed by atoms with Crippen LogP contribution in [0.4, 0.5) is 0 Å². The Labute approximate surface area is 91.7 Å². The Kier molecular flexibility index (Phi) is 21.6. The molecule has 0 N–H and O–H groups in total. The summed E-state index contributed by atoms with van der Waals surface area (Å²) in [6.07, 6.45) is 2.27. The van der Waals surface area contributed by atoms with Crippen LogP contribution in [0.3, 0.4) is 0 Å². The molecule has 0 unspecified atom stereocenters. The summed E-state index contributed by atoms with van der Waals surface area (Å²) in [6, 6.07) is 0.677. The molecule has 0 radical (unpaired) electrons. The Morgan fingerprint density at radius 2 is 1.67 bits per heavy atom. The zero-order valence-corrected chi connectivity index (χ0v) is 12.2. The molecule has 1 nitrogen and oxygen atoms in total. The van der Waals surface area contributed by atoms with Crippen molar-refractivity contribution in [1.82, 2.24) is 4.90 Å². The van der Waals surface area contributed by atoms with E-state index in [4.69, 9.17) is 0 Å². The van der Waals surface area contributed by atoms with Crippen molar-refractivity contribution in [1.29, 1.82) is 0 Å². The van der Waals surface area contributed by atoms with Crippen LogP contribution in [0.2, 0.25) is 0 Å². The van der Waals surface area contributed by atoms with Gasteiger partial charge in [0.05, 0.1) is 0 Å². The molecule has 2 heteroatoms. The normalized spacial score (nSPS) is 9.00. The van der Waals surface area contributed by atoms with Crippen molar-refractivity contribution in [2.75, 3.05) is 13.6 Å². The van der Waals surface area contributed by atoms with Crippen LogP contribution in [-0.4, -0.2) is 24.5 Å². The second kappa shape index (κ2) is 14.1. The topological polar surface area (TPSA) is 3.24 Å². The fourth-order valence-electron chi connectivity index (χ4n) is 0.619. The van der Waals surface area contributed by atoms with E-state index in [0.29, 0.717) is 6.04 Å². The van der Waals surface area contributed by atoms with Gasteiger partial charge < -0.3 is 18.7 Å². The van der Waals surface area contributed by atoms with Gasteiger partial charge in [0, 0.05) is 6.04 Å². The van der Waals surface area contributed by atoms with Gasteiger partial charge in [0.1, 0.15) is 0 Å². The fourth-order valence-corrected chi connectivity index (χ4v) is 0.619. The smallest absolute Gasteiger partial charge is 0.346 e. The van der Waals surface area contributed by atoms with E-state index >= 15 is 0 Å². The van der Waals surface area contributed by atoms with Crippen LogP contribution in [-0.2, 0) is 19.5 Å². The molecule has 0 amide bonds. The van der Waals surface area contributed by atoms with E-state index in [-0.39, 0.29) is 19.5 Å². The quantitative estimate of drug-likeness (QED) is 0.522. The maximum Gasteiger partial charge on any atom is 2.00 e. The average molecular weight is 223 g/mol. The standard InChI is InChI=1S/C8H18N.C2H5.Zn/c1-5-6-7-9(4)8(2)3;1-2;/h8H,1,5-7H2,2-4H3;1H2,2H3;/q2*-1;+2. The molecule has 0 atom stereocenters. The predicted octanol–water partition coefficient (Wildman–Crippen LogP) is 2.78. The minimum absolute atomic E-state index is 0. The minimum atomic E-state index is 0. The number of unbranched alkanes of at least 4 members (excludes halogenated alkanes) is 1. The first-order valence-corrected chi connectivity index (χ1v) is 4.38. The SMILES string of the molecule is [CH2-]C.[CH2-]CCCN(C)C(C)C.[Zn+2]. The van der Waals surface area contributed by atoms with Gasteiger partial charge >= 0.3 is 19.5 Å². The van der Waals surface area contributed by atoms with Gasteiger partial charge in [-0.25, -0.2) is 0 Å². The van der Waals surface area contributed by atoms with Crippen LogP contribution in [0.25, 0.3) is 0 Å². The fraction of sp³-hybridized carbons (Fsp3) is 0.800. The zero-order valence-electron chi connectivity index (χ0n) is 9.27. The van der Waals surface area contributed by atoms with Gasteiger partial charge in [-0.05, 0) is 27.4 Å². The second-order valence-corrected chi connectivity index (χ2v) is 2.78. The summed E-state index contributed by atoms with van der Waals surface area (Å²) in [6.45, 7) is 14.4. The van der Waals surface area contributed by atoms with Crippen LogP contribution >= 0.6 is 0 Å². The van der Waals surface area contributed by atoms with E-state index in [1.807, 2.05) is 0 Å². The van der Waals surface area contributed by atoms with Crippen LogP contribution in [0, 0.1) is 13.8 Å². The molecular weight excluding hydrogens is 200 g/mol. The van der Waals surface area contributed by atoms with Crippen molar-refractivity contribution in [3.8, 4) is 0 Å². The van der Waals surface area contributed by atoms with E-state index in [1.165, 1.54) is 13.0 Å². The summed E-state index contributed by atoms with van der Waals surface area (Å²) in [5.74, 6) is 0. The van der Waals surface area contributed by atoms with Crippen LogP contribution in [0.5, 0.6) is 0 Å². The monoisotopic (exact) mass is 221 g/mol. The molecule has 0 aliphatic carbocycles. The van der Waals surface area contributed by atoms with Gasteiger partial charge in [0.25, 0.3) is 0 Å². The molecule has 0 heterocycles. The van der Waals surface area contributed by atoms with Crippen LogP contribution in [0.15, 0.2) is 0 Å². The van der Waals surface area contributed by atoms with Gasteiger partial charge in [-0.1, -0.05) is 6.42 Å². The molecular formula is C10H23NZn. The van der Waals surface area contributed by atoms with Gasteiger partial charge in [0.2, 0.25) is 0 Å². The zero-order chi connectivity index (χ0) is 9.28. The number of hydrogen-bond acceptors (Lipinski definition) is 1. The number of hydrogen-bond donors (Lipinski definition) is 0. The van der Waals surface area contributed by atoms with Crippen LogP contribution < -0.4 is 0 Å². The molecule has 0 aromatic heterocycles. The molecule has 0 aliphatic rings. The summed E-state index contributed by atoms with van der Waals surface area (Å²) in [7, 11) is 2.15. The Bertz CT molecular complexity index is 64.9. The maximum absolute atomic E-state index is 3.79. The molecule has 0 bridgehead atoms. The van der Waals surface area contributed by atoms with Crippen molar-refractivity contribution in [3.05, 3.63) is 13.8 Å². The summed E-state index contributed by atoms with van der Waals surface area (Å²) >= 11 is 0. The predicted molar refractivity (Wildman–Crippen MR) is 53.4 cm³/mol. The molecule has 0 fully saturated rings. The minimum Gasteiger partial charge on any atom is -0.346 e. The third kappa shape index (κ3) is 13.2. The molecule has 0 aromatic rings. The Morgan fingerprint density at radius 3 is 1.92 bits per heavy atom. The maximum atomic E-state index is 3.79. The van der Waals surface area contributed by atoms with Gasteiger partial charge in [-0.15, -0.1) is 0 Å². The molecule has 0 aromatic carbocycles. The van der Waals surface area contributed by atoms with Gasteiger partial charge in [0.15, 0.2) is 0 Å². The second-order valence-electron chi connectivity index (χ2n) is 2.78. The Morgan fingerprint density at radius 1 is 1.25 bits per heavy atom. The summed E-state index contributed by atoms with van der Waals surface area (Å²) in [5, 5.41) is 0. The van der Waals surface area contributed by atoms with E-state index in [2.05, 4.69) is 39.6 Å². The molecule has 12 heavy (non-hydrogen) atoms. The van der Waals surface area contributed by atoms with E-state index in [0.717, 1.165) is 6.42 Å². The third-order valence-corrected chi connectivity index (χ3v) is 1.64. The van der Waals surface area contributed by atoms with Gasteiger partial charge in [-0.2, -0.15) is 13.3 Å². The van der Waals surface area contributed by atoms with Crippen molar-refractivity contribution < 1.29 is 19.5 Å². The number of nitrogens with zero attached hydrogens (tertiary/aromatic N) is 1. The molecule has 0 saturated heterocycles. The van der Waals surface area contributed by atoms with Crippen molar-refractivity contribution in [2.24, 2.45) is 0 Å². The summed E-state index contributed by atoms with van der Waals surface area (Å²) < 4.78 is 0. The largest absolute Gasteiger partial charge is 2.00 e. The Hall–Kier alpha value is 0.583. The van der Waals surface area contributed by atoms with E-state index in [9.17, 15) is 0 Å². The van der Waals surface area contributed by atoms with Crippen molar-refractivity contribution >= 4 is 0 Å². The molecule has 0 saturated carbocycles. The number of rotatable bonds is 4. The van der Waals surface area contributed by atoms with Crippen molar-refractivity contribution in [3.63, 3.8) is 0 Å². The summed E-state index contributed by atoms with van der Waals surface area (Å²) in [4.78, 5) is 2.34. The molecule has 70 valence electrons. The van der Waals surface area contributed by atoms with E-state index < -0.39 is 0 Å². The molecule has 0 rings (SSSR count). The molecule has 0 spiro atoms. The Balaban J connectivity index is -0.000000249. The van der Waals surface area contributed by atoms with Gasteiger partial charge in [-0.3, -0.25) is 0 Å². The van der Waals surface area contributed by atoms with Crippen LogP contribution in [0.1, 0.15) is 33.6 Å². The molecule has 0 aliphatic heterocycles. The first-order chi connectivity index (χ1) is 5.18. The third-order valence-electron chi connectivity index (χ3n) is 1.64.